The van der Waals surface area contributed by atoms with Crippen molar-refractivity contribution in [1.29, 1.82) is 0 Å². The molecule has 1 atom stereocenters. The highest BCUT2D eigenvalue weighted by atomic mass is 16.2. The van der Waals surface area contributed by atoms with Crippen LogP contribution < -0.4 is 21.7 Å². The molecule has 1 aromatic carbocycles. The molecule has 1 aromatic heterocycles. The van der Waals surface area contributed by atoms with Crippen LogP contribution in [-0.4, -0.2) is 35.9 Å². The number of pyridine rings is 1. The van der Waals surface area contributed by atoms with Crippen LogP contribution in [0.1, 0.15) is 25.8 Å². The Morgan fingerprint density at radius 1 is 1.28 bits per heavy atom. The summed E-state index contributed by atoms with van der Waals surface area (Å²) in [7, 11) is 0. The Hall–Kier alpha value is -2.67. The average molecular weight is 343 g/mol. The Balaban J connectivity index is 1.85. The smallest absolute Gasteiger partial charge is 0.242 e. The SMILES string of the molecule is CCCNCC(=O)NC(C)C(=O)NCc1ccc2c(N)nccc2c1. The van der Waals surface area contributed by atoms with E-state index in [4.69, 9.17) is 5.73 Å². The molecule has 0 aliphatic rings. The Morgan fingerprint density at radius 2 is 2.08 bits per heavy atom. The predicted octanol–water partition coefficient (Wildman–Crippen LogP) is 0.938. The van der Waals surface area contributed by atoms with Crippen LogP contribution in [0.5, 0.6) is 0 Å². The number of nitrogens with zero attached hydrogens (tertiary/aromatic N) is 1. The van der Waals surface area contributed by atoms with Gasteiger partial charge in [0.1, 0.15) is 11.9 Å². The van der Waals surface area contributed by atoms with Crippen molar-refractivity contribution in [3.63, 3.8) is 0 Å². The third-order valence-corrected chi connectivity index (χ3v) is 3.81. The first-order valence-corrected chi connectivity index (χ1v) is 8.42. The molecule has 2 aromatic rings. The number of benzene rings is 1. The zero-order valence-corrected chi connectivity index (χ0v) is 14.6. The number of carbonyl (C=O) groups excluding carboxylic acids is 2. The number of carbonyl (C=O) groups is 2. The van der Waals surface area contributed by atoms with Gasteiger partial charge in [-0.1, -0.05) is 19.1 Å². The van der Waals surface area contributed by atoms with Crippen molar-refractivity contribution in [2.45, 2.75) is 32.9 Å². The molecular formula is C18H25N5O2. The lowest BCUT2D eigenvalue weighted by Gasteiger charge is -2.14. The second-order valence-corrected chi connectivity index (χ2v) is 5.94. The van der Waals surface area contributed by atoms with Gasteiger partial charge < -0.3 is 21.7 Å². The largest absolute Gasteiger partial charge is 0.383 e. The zero-order valence-electron chi connectivity index (χ0n) is 14.6. The van der Waals surface area contributed by atoms with Gasteiger partial charge in [0.05, 0.1) is 6.54 Å². The van der Waals surface area contributed by atoms with Gasteiger partial charge in [-0.3, -0.25) is 9.59 Å². The minimum absolute atomic E-state index is 0.190. The summed E-state index contributed by atoms with van der Waals surface area (Å²) < 4.78 is 0. The molecule has 7 heteroatoms. The first-order chi connectivity index (χ1) is 12.0. The minimum atomic E-state index is -0.587. The number of nitrogens with two attached hydrogens (primary N) is 1. The molecule has 0 saturated carbocycles. The van der Waals surface area contributed by atoms with Crippen molar-refractivity contribution < 1.29 is 9.59 Å². The molecule has 0 bridgehead atoms. The van der Waals surface area contributed by atoms with Gasteiger partial charge in [-0.05, 0) is 43.0 Å². The van der Waals surface area contributed by atoms with E-state index in [1.54, 1.807) is 13.1 Å². The predicted molar refractivity (Wildman–Crippen MR) is 98.8 cm³/mol. The number of amides is 2. The summed E-state index contributed by atoms with van der Waals surface area (Å²) >= 11 is 0. The molecule has 134 valence electrons. The number of fused-ring (bicyclic) bond motifs is 1. The lowest BCUT2D eigenvalue weighted by atomic mass is 10.1. The first kappa shape index (κ1) is 18.7. The average Bonchev–Trinajstić information content (AvgIpc) is 2.60. The molecule has 2 amide bonds. The number of nitrogen functional groups attached to an aromatic ring is 1. The Kier molecular flexibility index (Phi) is 6.71. The Morgan fingerprint density at radius 3 is 2.84 bits per heavy atom. The fourth-order valence-corrected chi connectivity index (χ4v) is 2.44. The second-order valence-electron chi connectivity index (χ2n) is 5.94. The number of hydrogen-bond acceptors (Lipinski definition) is 5. The summed E-state index contributed by atoms with van der Waals surface area (Å²) in [6.07, 6.45) is 2.61. The van der Waals surface area contributed by atoms with Crippen molar-refractivity contribution in [3.05, 3.63) is 36.0 Å². The van der Waals surface area contributed by atoms with E-state index in [0.717, 1.165) is 29.3 Å². The van der Waals surface area contributed by atoms with Crippen molar-refractivity contribution in [2.75, 3.05) is 18.8 Å². The van der Waals surface area contributed by atoms with E-state index in [1.165, 1.54) is 0 Å². The van der Waals surface area contributed by atoms with Gasteiger partial charge in [0.25, 0.3) is 0 Å². The lowest BCUT2D eigenvalue weighted by molar-refractivity contribution is -0.128. The second kappa shape index (κ2) is 8.98. The molecule has 7 nitrogen and oxygen atoms in total. The molecule has 1 unspecified atom stereocenters. The van der Waals surface area contributed by atoms with Crippen LogP contribution >= 0.6 is 0 Å². The van der Waals surface area contributed by atoms with Crippen molar-refractivity contribution >= 4 is 28.4 Å². The van der Waals surface area contributed by atoms with E-state index in [-0.39, 0.29) is 18.4 Å². The fourth-order valence-electron chi connectivity index (χ4n) is 2.44. The third kappa shape index (κ3) is 5.42. The molecule has 0 aliphatic carbocycles. The Bertz CT molecular complexity index is 747. The van der Waals surface area contributed by atoms with Crippen LogP contribution in [0.15, 0.2) is 30.5 Å². The van der Waals surface area contributed by atoms with Crippen LogP contribution in [0, 0.1) is 0 Å². The zero-order chi connectivity index (χ0) is 18.2. The van der Waals surface area contributed by atoms with Crippen LogP contribution in [0.25, 0.3) is 10.8 Å². The number of anilines is 1. The van der Waals surface area contributed by atoms with Gasteiger partial charge in [-0.2, -0.15) is 0 Å². The van der Waals surface area contributed by atoms with Crippen LogP contribution in [0.4, 0.5) is 5.82 Å². The minimum Gasteiger partial charge on any atom is -0.383 e. The summed E-state index contributed by atoms with van der Waals surface area (Å²) in [5.74, 6) is 0.0732. The van der Waals surface area contributed by atoms with E-state index in [1.807, 2.05) is 31.2 Å². The summed E-state index contributed by atoms with van der Waals surface area (Å²) in [5.41, 5.74) is 6.79. The lowest BCUT2D eigenvalue weighted by Crippen LogP contribution is -2.47. The van der Waals surface area contributed by atoms with E-state index in [2.05, 4.69) is 20.9 Å². The number of aromatic nitrogens is 1. The standard InChI is InChI=1S/C18H25N5O2/c1-3-7-20-11-16(24)23-12(2)18(25)22-10-13-4-5-15-14(9-13)6-8-21-17(15)19/h4-6,8-9,12,20H,3,7,10-11H2,1-2H3,(H2,19,21)(H,22,25)(H,23,24). The molecule has 2 rings (SSSR count). The molecular weight excluding hydrogens is 318 g/mol. The van der Waals surface area contributed by atoms with Gasteiger partial charge in [0.15, 0.2) is 0 Å². The normalized spacial score (nSPS) is 11.9. The highest BCUT2D eigenvalue weighted by Crippen LogP contribution is 2.19. The summed E-state index contributed by atoms with van der Waals surface area (Å²) in [6, 6.07) is 7.05. The molecule has 25 heavy (non-hydrogen) atoms. The highest BCUT2D eigenvalue weighted by Gasteiger charge is 2.15. The number of hydrogen-bond donors (Lipinski definition) is 4. The van der Waals surface area contributed by atoms with E-state index in [9.17, 15) is 9.59 Å². The number of nitrogens with one attached hydrogen (secondary N) is 3. The molecule has 5 N–H and O–H groups in total. The summed E-state index contributed by atoms with van der Waals surface area (Å²) in [4.78, 5) is 27.9. The highest BCUT2D eigenvalue weighted by molar-refractivity contribution is 5.91. The van der Waals surface area contributed by atoms with Gasteiger partial charge in [0, 0.05) is 18.1 Å². The summed E-state index contributed by atoms with van der Waals surface area (Å²) in [6.45, 7) is 5.06. The molecule has 0 fully saturated rings. The number of rotatable bonds is 8. The fraction of sp³-hybridized carbons (Fsp3) is 0.389. The molecule has 0 saturated heterocycles. The van der Waals surface area contributed by atoms with Crippen molar-refractivity contribution in [2.24, 2.45) is 0 Å². The van der Waals surface area contributed by atoms with Gasteiger partial charge >= 0.3 is 0 Å². The van der Waals surface area contributed by atoms with Crippen LogP contribution in [0.3, 0.4) is 0 Å². The molecule has 0 spiro atoms. The topological polar surface area (TPSA) is 109 Å². The third-order valence-electron chi connectivity index (χ3n) is 3.81. The van der Waals surface area contributed by atoms with E-state index < -0.39 is 6.04 Å². The maximum Gasteiger partial charge on any atom is 0.242 e. The van der Waals surface area contributed by atoms with Gasteiger partial charge in [-0.15, -0.1) is 0 Å². The van der Waals surface area contributed by atoms with E-state index in [0.29, 0.717) is 12.4 Å². The van der Waals surface area contributed by atoms with Gasteiger partial charge in [0.2, 0.25) is 11.8 Å². The molecule has 1 heterocycles. The van der Waals surface area contributed by atoms with Crippen molar-refractivity contribution in [3.8, 4) is 0 Å². The first-order valence-electron chi connectivity index (χ1n) is 8.42. The Labute approximate surface area is 147 Å². The molecule has 0 aliphatic heterocycles. The monoisotopic (exact) mass is 343 g/mol. The maximum absolute atomic E-state index is 12.1. The van der Waals surface area contributed by atoms with Gasteiger partial charge in [-0.25, -0.2) is 4.98 Å². The van der Waals surface area contributed by atoms with E-state index >= 15 is 0 Å². The maximum atomic E-state index is 12.1. The van der Waals surface area contributed by atoms with Crippen molar-refractivity contribution in [1.82, 2.24) is 20.9 Å². The van der Waals surface area contributed by atoms with Crippen LogP contribution in [0.2, 0.25) is 0 Å². The molecule has 0 radical (unpaired) electrons. The van der Waals surface area contributed by atoms with Crippen LogP contribution in [-0.2, 0) is 16.1 Å². The quantitative estimate of drug-likeness (QED) is 0.533. The summed E-state index contributed by atoms with van der Waals surface area (Å²) in [5, 5.41) is 10.4.